The number of amides is 1. The molecule has 1 amide bonds. The molecule has 23 heavy (non-hydrogen) atoms. The average molecular weight is 333 g/mol. The molecule has 0 N–H and O–H groups in total. The SMILES string of the molecule is CCc1ccc(C2SCC(=O)N2Cc2cc(F)ccc2F)cc1. The minimum absolute atomic E-state index is 0.0526. The van der Waals surface area contributed by atoms with Crippen LogP contribution in [0.3, 0.4) is 0 Å². The summed E-state index contributed by atoms with van der Waals surface area (Å²) >= 11 is 1.51. The summed E-state index contributed by atoms with van der Waals surface area (Å²) in [5.41, 5.74) is 2.44. The highest BCUT2D eigenvalue weighted by atomic mass is 32.2. The molecule has 0 aliphatic carbocycles. The van der Waals surface area contributed by atoms with Crippen LogP contribution < -0.4 is 0 Å². The predicted octanol–water partition coefficient (Wildman–Crippen LogP) is 4.30. The minimum Gasteiger partial charge on any atom is -0.321 e. The summed E-state index contributed by atoms with van der Waals surface area (Å²) in [7, 11) is 0. The van der Waals surface area contributed by atoms with Crippen LogP contribution in [0, 0.1) is 11.6 Å². The molecule has 2 nitrogen and oxygen atoms in total. The lowest BCUT2D eigenvalue weighted by atomic mass is 10.1. The van der Waals surface area contributed by atoms with Crippen LogP contribution in [-0.2, 0) is 17.8 Å². The Labute approximate surface area is 138 Å². The van der Waals surface area contributed by atoms with Crippen LogP contribution in [0.25, 0.3) is 0 Å². The van der Waals surface area contributed by atoms with Gasteiger partial charge in [-0.1, -0.05) is 31.2 Å². The molecule has 1 aliphatic rings. The van der Waals surface area contributed by atoms with Gasteiger partial charge in [-0.15, -0.1) is 11.8 Å². The molecule has 0 spiro atoms. The van der Waals surface area contributed by atoms with E-state index in [9.17, 15) is 13.6 Å². The molecule has 1 unspecified atom stereocenters. The number of benzene rings is 2. The molecule has 0 saturated carbocycles. The van der Waals surface area contributed by atoms with Gasteiger partial charge in [0.05, 0.1) is 12.3 Å². The van der Waals surface area contributed by atoms with Crippen molar-refractivity contribution in [3.8, 4) is 0 Å². The van der Waals surface area contributed by atoms with Crippen molar-refractivity contribution in [1.82, 2.24) is 4.90 Å². The first-order chi connectivity index (χ1) is 11.1. The van der Waals surface area contributed by atoms with E-state index in [1.807, 2.05) is 24.3 Å². The van der Waals surface area contributed by atoms with E-state index in [0.29, 0.717) is 5.75 Å². The Kier molecular flexibility index (Phi) is 4.66. The monoisotopic (exact) mass is 333 g/mol. The third kappa shape index (κ3) is 3.39. The van der Waals surface area contributed by atoms with Gasteiger partial charge in [0.15, 0.2) is 0 Å². The number of halogens is 2. The Balaban J connectivity index is 1.86. The lowest BCUT2D eigenvalue weighted by molar-refractivity contribution is -0.128. The molecule has 1 fully saturated rings. The zero-order valence-corrected chi connectivity index (χ0v) is 13.6. The second-order valence-corrected chi connectivity index (χ2v) is 6.58. The molecule has 1 aliphatic heterocycles. The molecular weight excluding hydrogens is 316 g/mol. The summed E-state index contributed by atoms with van der Waals surface area (Å²) < 4.78 is 27.2. The molecule has 5 heteroatoms. The van der Waals surface area contributed by atoms with Crippen molar-refractivity contribution >= 4 is 17.7 Å². The van der Waals surface area contributed by atoms with Crippen LogP contribution in [0.1, 0.15) is 29.0 Å². The third-order valence-electron chi connectivity index (χ3n) is 3.99. The van der Waals surface area contributed by atoms with Gasteiger partial charge in [-0.25, -0.2) is 8.78 Å². The van der Waals surface area contributed by atoms with Gasteiger partial charge in [-0.3, -0.25) is 4.79 Å². The second-order valence-electron chi connectivity index (χ2n) is 5.52. The smallest absolute Gasteiger partial charge is 0.234 e. The number of nitrogens with zero attached hydrogens (tertiary/aromatic N) is 1. The molecule has 120 valence electrons. The maximum absolute atomic E-state index is 13.9. The predicted molar refractivity (Wildman–Crippen MR) is 87.9 cm³/mol. The molecule has 1 saturated heterocycles. The van der Waals surface area contributed by atoms with Crippen LogP contribution in [-0.4, -0.2) is 16.6 Å². The van der Waals surface area contributed by atoms with E-state index in [1.165, 1.54) is 17.3 Å². The number of carbonyl (C=O) groups is 1. The third-order valence-corrected chi connectivity index (χ3v) is 5.25. The fourth-order valence-electron chi connectivity index (χ4n) is 2.67. The number of rotatable bonds is 4. The maximum atomic E-state index is 13.9. The van der Waals surface area contributed by atoms with Gasteiger partial charge in [0, 0.05) is 5.56 Å². The van der Waals surface area contributed by atoms with Crippen molar-refractivity contribution in [2.24, 2.45) is 0 Å². The highest BCUT2D eigenvalue weighted by Crippen LogP contribution is 2.39. The second kappa shape index (κ2) is 6.71. The van der Waals surface area contributed by atoms with Gasteiger partial charge >= 0.3 is 0 Å². The van der Waals surface area contributed by atoms with Crippen LogP contribution in [0.2, 0.25) is 0 Å². The largest absolute Gasteiger partial charge is 0.321 e. The highest BCUT2D eigenvalue weighted by molar-refractivity contribution is 8.00. The van der Waals surface area contributed by atoms with Crippen LogP contribution in [0.5, 0.6) is 0 Å². The van der Waals surface area contributed by atoms with E-state index in [0.717, 1.165) is 30.2 Å². The zero-order valence-electron chi connectivity index (χ0n) is 12.8. The van der Waals surface area contributed by atoms with Gasteiger partial charge < -0.3 is 4.90 Å². The van der Waals surface area contributed by atoms with Crippen molar-refractivity contribution in [3.63, 3.8) is 0 Å². The average Bonchev–Trinajstić information content (AvgIpc) is 2.92. The van der Waals surface area contributed by atoms with E-state index >= 15 is 0 Å². The number of thioether (sulfide) groups is 1. The Bertz CT molecular complexity index is 717. The van der Waals surface area contributed by atoms with E-state index in [4.69, 9.17) is 0 Å². The van der Waals surface area contributed by atoms with Gasteiger partial charge in [-0.2, -0.15) is 0 Å². The summed E-state index contributed by atoms with van der Waals surface area (Å²) in [5.74, 6) is -0.680. The van der Waals surface area contributed by atoms with Crippen molar-refractivity contribution in [2.45, 2.75) is 25.3 Å². The van der Waals surface area contributed by atoms with Crippen molar-refractivity contribution < 1.29 is 13.6 Å². The first-order valence-corrected chi connectivity index (χ1v) is 8.57. The van der Waals surface area contributed by atoms with Gasteiger partial charge in [-0.05, 0) is 35.7 Å². The normalized spacial score (nSPS) is 17.8. The molecule has 1 atom stereocenters. The van der Waals surface area contributed by atoms with E-state index in [1.54, 1.807) is 4.90 Å². The lowest BCUT2D eigenvalue weighted by Gasteiger charge is -2.24. The number of aryl methyl sites for hydroxylation is 1. The van der Waals surface area contributed by atoms with Crippen LogP contribution in [0.4, 0.5) is 8.78 Å². The fraction of sp³-hybridized carbons (Fsp3) is 0.278. The standard InChI is InChI=1S/C18H17F2NOS/c1-2-12-3-5-13(6-4-12)18-21(17(22)11-23-18)10-14-9-15(19)7-8-16(14)20/h3-9,18H,2,10-11H2,1H3. The Hall–Kier alpha value is -1.88. The minimum atomic E-state index is -0.496. The summed E-state index contributed by atoms with van der Waals surface area (Å²) in [4.78, 5) is 13.8. The molecule has 0 aromatic heterocycles. The van der Waals surface area contributed by atoms with Gasteiger partial charge in [0.2, 0.25) is 5.91 Å². The quantitative estimate of drug-likeness (QED) is 0.831. The van der Waals surface area contributed by atoms with Crippen molar-refractivity contribution in [2.75, 3.05) is 5.75 Å². The summed E-state index contributed by atoms with van der Waals surface area (Å²) in [5, 5.41) is -0.156. The number of hydrogen-bond donors (Lipinski definition) is 0. The first kappa shape index (κ1) is 16.0. The molecule has 3 rings (SSSR count). The van der Waals surface area contributed by atoms with Gasteiger partial charge in [0.1, 0.15) is 17.0 Å². The molecule has 0 radical (unpaired) electrons. The number of carbonyl (C=O) groups excluding carboxylic acids is 1. The summed E-state index contributed by atoms with van der Waals surface area (Å²) in [6.45, 7) is 2.16. The molecule has 1 heterocycles. The summed E-state index contributed by atoms with van der Waals surface area (Å²) in [6, 6.07) is 11.4. The van der Waals surface area contributed by atoms with E-state index in [2.05, 4.69) is 6.92 Å². The highest BCUT2D eigenvalue weighted by Gasteiger charge is 2.33. The zero-order chi connectivity index (χ0) is 16.4. The fourth-order valence-corrected chi connectivity index (χ4v) is 3.86. The lowest BCUT2D eigenvalue weighted by Crippen LogP contribution is -2.28. The number of hydrogen-bond acceptors (Lipinski definition) is 2. The Morgan fingerprint density at radius 1 is 1.17 bits per heavy atom. The first-order valence-electron chi connectivity index (χ1n) is 7.52. The summed E-state index contributed by atoms with van der Waals surface area (Å²) in [6.07, 6.45) is 0.954. The van der Waals surface area contributed by atoms with E-state index < -0.39 is 11.6 Å². The Morgan fingerprint density at radius 3 is 2.61 bits per heavy atom. The maximum Gasteiger partial charge on any atom is 0.234 e. The van der Waals surface area contributed by atoms with Crippen molar-refractivity contribution in [3.05, 3.63) is 70.8 Å². The molecule has 2 aromatic rings. The molecule has 2 aromatic carbocycles. The topological polar surface area (TPSA) is 20.3 Å². The molecular formula is C18H17F2NOS. The van der Waals surface area contributed by atoms with Crippen LogP contribution in [0.15, 0.2) is 42.5 Å². The van der Waals surface area contributed by atoms with Crippen LogP contribution >= 0.6 is 11.8 Å². The molecule has 0 bridgehead atoms. The van der Waals surface area contributed by atoms with E-state index in [-0.39, 0.29) is 23.4 Å². The Morgan fingerprint density at radius 2 is 1.91 bits per heavy atom. The van der Waals surface area contributed by atoms with Gasteiger partial charge in [0.25, 0.3) is 0 Å². The van der Waals surface area contributed by atoms with Crippen molar-refractivity contribution in [1.29, 1.82) is 0 Å².